The maximum absolute atomic E-state index is 5.53. The molecule has 7 nitrogen and oxygen atoms in total. The Kier molecular flexibility index (Phi) is 4.38. The summed E-state index contributed by atoms with van der Waals surface area (Å²) in [6.45, 7) is 2.03. The molecule has 116 valence electrons. The first-order valence-electron chi connectivity index (χ1n) is 7.98. The summed E-state index contributed by atoms with van der Waals surface area (Å²) in [5.74, 6) is 7.46. The van der Waals surface area contributed by atoms with Gasteiger partial charge in [-0.25, -0.2) is 5.84 Å². The van der Waals surface area contributed by atoms with Crippen molar-refractivity contribution in [3.63, 3.8) is 0 Å². The molecular weight excluding hydrogens is 266 g/mol. The highest BCUT2D eigenvalue weighted by Gasteiger charge is 2.24. The largest absolute Gasteiger partial charge is 0.341 e. The molecule has 0 aromatic carbocycles. The maximum Gasteiger partial charge on any atom is 0.243 e. The predicted octanol–water partition coefficient (Wildman–Crippen LogP) is 1.53. The van der Waals surface area contributed by atoms with Crippen LogP contribution in [0.2, 0.25) is 0 Å². The summed E-state index contributed by atoms with van der Waals surface area (Å²) < 4.78 is 0. The van der Waals surface area contributed by atoms with Gasteiger partial charge in [-0.2, -0.15) is 15.0 Å². The molecule has 3 rings (SSSR count). The van der Waals surface area contributed by atoms with E-state index in [1.807, 2.05) is 0 Å². The first kappa shape index (κ1) is 14.3. The van der Waals surface area contributed by atoms with E-state index in [1.54, 1.807) is 0 Å². The number of hydrogen-bond donors (Lipinski definition) is 2. The van der Waals surface area contributed by atoms with Crippen molar-refractivity contribution in [3.8, 4) is 0 Å². The van der Waals surface area contributed by atoms with Gasteiger partial charge < -0.3 is 9.80 Å². The van der Waals surface area contributed by atoms with E-state index in [4.69, 9.17) is 5.84 Å². The van der Waals surface area contributed by atoms with E-state index in [2.05, 4.69) is 37.2 Å². The second-order valence-corrected chi connectivity index (χ2v) is 6.00. The first-order valence-corrected chi connectivity index (χ1v) is 7.98. The zero-order chi connectivity index (χ0) is 14.7. The fourth-order valence-electron chi connectivity index (χ4n) is 3.27. The van der Waals surface area contributed by atoms with E-state index in [-0.39, 0.29) is 0 Å². The van der Waals surface area contributed by atoms with Gasteiger partial charge in [0, 0.05) is 26.2 Å². The molecule has 1 saturated heterocycles. The Labute approximate surface area is 125 Å². The molecule has 0 bridgehead atoms. The van der Waals surface area contributed by atoms with Crippen molar-refractivity contribution in [2.24, 2.45) is 5.84 Å². The first-order chi connectivity index (χ1) is 10.3. The molecule has 2 aliphatic rings. The molecule has 1 aliphatic carbocycles. The van der Waals surface area contributed by atoms with Gasteiger partial charge in [0.15, 0.2) is 0 Å². The van der Waals surface area contributed by atoms with E-state index in [1.165, 1.54) is 44.9 Å². The summed E-state index contributed by atoms with van der Waals surface area (Å²) in [6.07, 6.45) is 8.70. The zero-order valence-corrected chi connectivity index (χ0v) is 12.8. The van der Waals surface area contributed by atoms with E-state index in [9.17, 15) is 0 Å². The molecule has 3 N–H and O–H groups in total. The molecule has 0 atom stereocenters. The lowest BCUT2D eigenvalue weighted by Crippen LogP contribution is -2.34. The Balaban J connectivity index is 1.84. The highest BCUT2D eigenvalue weighted by Crippen LogP contribution is 2.26. The predicted molar refractivity (Wildman–Crippen MR) is 84.4 cm³/mol. The number of piperidine rings is 1. The number of hydrazine groups is 1. The van der Waals surface area contributed by atoms with E-state index < -0.39 is 0 Å². The minimum Gasteiger partial charge on any atom is -0.341 e. The molecule has 1 aromatic rings. The van der Waals surface area contributed by atoms with Gasteiger partial charge in [0.2, 0.25) is 17.8 Å². The average molecular weight is 291 g/mol. The van der Waals surface area contributed by atoms with Gasteiger partial charge in [-0.1, -0.05) is 12.8 Å². The minimum absolute atomic E-state index is 0.449. The van der Waals surface area contributed by atoms with Crippen LogP contribution in [0, 0.1) is 0 Å². The van der Waals surface area contributed by atoms with Crippen LogP contribution in [-0.4, -0.2) is 41.1 Å². The van der Waals surface area contributed by atoms with Crippen LogP contribution in [0.5, 0.6) is 0 Å². The topological polar surface area (TPSA) is 83.2 Å². The Hall–Kier alpha value is -1.63. The Morgan fingerprint density at radius 2 is 1.76 bits per heavy atom. The van der Waals surface area contributed by atoms with Crippen molar-refractivity contribution in [1.29, 1.82) is 0 Å². The van der Waals surface area contributed by atoms with Crippen molar-refractivity contribution in [2.45, 2.75) is 51.0 Å². The number of nitrogens with two attached hydrogens (primary N) is 1. The fourth-order valence-corrected chi connectivity index (χ4v) is 3.27. The van der Waals surface area contributed by atoms with Crippen molar-refractivity contribution < 1.29 is 0 Å². The molecular formula is C14H25N7. The second-order valence-electron chi connectivity index (χ2n) is 6.00. The minimum atomic E-state index is 0.449. The Morgan fingerprint density at radius 3 is 2.43 bits per heavy atom. The molecule has 1 saturated carbocycles. The maximum atomic E-state index is 5.53. The molecule has 1 aliphatic heterocycles. The third-order valence-corrected chi connectivity index (χ3v) is 4.57. The molecule has 0 radical (unpaired) electrons. The van der Waals surface area contributed by atoms with Crippen molar-refractivity contribution in [2.75, 3.05) is 35.4 Å². The van der Waals surface area contributed by atoms with E-state index in [0.717, 1.165) is 25.0 Å². The zero-order valence-electron chi connectivity index (χ0n) is 12.8. The molecule has 21 heavy (non-hydrogen) atoms. The smallest absolute Gasteiger partial charge is 0.243 e. The molecule has 2 fully saturated rings. The monoisotopic (exact) mass is 291 g/mol. The van der Waals surface area contributed by atoms with Crippen LogP contribution in [0.4, 0.5) is 17.8 Å². The molecule has 0 spiro atoms. The van der Waals surface area contributed by atoms with Gasteiger partial charge in [0.1, 0.15) is 0 Å². The summed E-state index contributed by atoms with van der Waals surface area (Å²) in [5.41, 5.74) is 2.58. The van der Waals surface area contributed by atoms with E-state index >= 15 is 0 Å². The number of hydrogen-bond acceptors (Lipinski definition) is 7. The van der Waals surface area contributed by atoms with Crippen LogP contribution in [0.1, 0.15) is 44.9 Å². The Morgan fingerprint density at radius 1 is 1.05 bits per heavy atom. The van der Waals surface area contributed by atoms with Crippen LogP contribution in [0.3, 0.4) is 0 Å². The van der Waals surface area contributed by atoms with Gasteiger partial charge in [0.05, 0.1) is 0 Å². The number of aromatic nitrogens is 3. The third kappa shape index (κ3) is 3.18. The highest BCUT2D eigenvalue weighted by atomic mass is 15.4. The van der Waals surface area contributed by atoms with Crippen LogP contribution in [0.25, 0.3) is 0 Å². The van der Waals surface area contributed by atoms with Crippen molar-refractivity contribution >= 4 is 17.8 Å². The Bertz CT molecular complexity index is 466. The van der Waals surface area contributed by atoms with Gasteiger partial charge in [-0.05, 0) is 32.1 Å². The summed E-state index contributed by atoms with van der Waals surface area (Å²) in [4.78, 5) is 18.0. The van der Waals surface area contributed by atoms with Gasteiger partial charge in [0.25, 0.3) is 0 Å². The number of rotatable bonds is 4. The standard InChI is InChI=1S/C14H25N7/c1-20(11-7-3-4-8-11)13-16-12(19-15)17-14(18-13)21-9-5-2-6-10-21/h11H,2-10,15H2,1H3,(H,16,17,18,19). The quantitative estimate of drug-likeness (QED) is 0.643. The lowest BCUT2D eigenvalue weighted by Gasteiger charge is -2.29. The van der Waals surface area contributed by atoms with Crippen LogP contribution in [-0.2, 0) is 0 Å². The normalized spacial score (nSPS) is 19.8. The van der Waals surface area contributed by atoms with Crippen molar-refractivity contribution in [3.05, 3.63) is 0 Å². The van der Waals surface area contributed by atoms with Crippen LogP contribution >= 0.6 is 0 Å². The van der Waals surface area contributed by atoms with E-state index in [0.29, 0.717) is 12.0 Å². The van der Waals surface area contributed by atoms with Gasteiger partial charge >= 0.3 is 0 Å². The second kappa shape index (κ2) is 6.43. The molecule has 0 amide bonds. The average Bonchev–Trinajstić information content (AvgIpc) is 3.09. The van der Waals surface area contributed by atoms with Gasteiger partial charge in [-0.15, -0.1) is 0 Å². The number of nitrogens with one attached hydrogen (secondary N) is 1. The summed E-state index contributed by atoms with van der Waals surface area (Å²) in [6, 6.07) is 0.534. The lowest BCUT2D eigenvalue weighted by molar-refractivity contribution is 0.565. The highest BCUT2D eigenvalue weighted by molar-refractivity contribution is 5.45. The summed E-state index contributed by atoms with van der Waals surface area (Å²) in [7, 11) is 2.08. The lowest BCUT2D eigenvalue weighted by atomic mass is 10.1. The summed E-state index contributed by atoms with van der Waals surface area (Å²) in [5, 5.41) is 0. The number of nitrogen functional groups attached to an aromatic ring is 1. The molecule has 2 heterocycles. The van der Waals surface area contributed by atoms with Crippen LogP contribution < -0.4 is 21.1 Å². The van der Waals surface area contributed by atoms with Gasteiger partial charge in [-0.3, -0.25) is 5.43 Å². The van der Waals surface area contributed by atoms with Crippen molar-refractivity contribution in [1.82, 2.24) is 15.0 Å². The summed E-state index contributed by atoms with van der Waals surface area (Å²) >= 11 is 0. The number of anilines is 3. The molecule has 7 heteroatoms. The third-order valence-electron chi connectivity index (χ3n) is 4.57. The number of nitrogens with zero attached hydrogens (tertiary/aromatic N) is 5. The molecule has 1 aromatic heterocycles. The fraction of sp³-hybridized carbons (Fsp3) is 0.786. The molecule has 0 unspecified atom stereocenters. The van der Waals surface area contributed by atoms with Crippen LogP contribution in [0.15, 0.2) is 0 Å². The SMILES string of the molecule is CN(c1nc(NN)nc(N2CCCCC2)n1)C1CCCC1.